The van der Waals surface area contributed by atoms with Gasteiger partial charge in [-0.15, -0.1) is 0 Å². The van der Waals surface area contributed by atoms with E-state index in [1.807, 2.05) is 30.3 Å². The molecule has 1 aliphatic rings. The van der Waals surface area contributed by atoms with Gasteiger partial charge in [0, 0.05) is 11.6 Å². The van der Waals surface area contributed by atoms with Gasteiger partial charge >= 0.3 is 5.91 Å². The van der Waals surface area contributed by atoms with Crippen LogP contribution >= 0.6 is 0 Å². The van der Waals surface area contributed by atoms with Gasteiger partial charge in [-0.3, -0.25) is 14.5 Å². The minimum absolute atomic E-state index is 0.108. The van der Waals surface area contributed by atoms with Crippen LogP contribution in [0.2, 0.25) is 0 Å². The molecule has 3 aromatic carbocycles. The number of aliphatic hydroxyl groups is 1. The highest BCUT2D eigenvalue weighted by Gasteiger charge is 2.48. The van der Waals surface area contributed by atoms with E-state index in [2.05, 4.69) is 5.16 Å². The summed E-state index contributed by atoms with van der Waals surface area (Å²) in [4.78, 5) is 27.6. The van der Waals surface area contributed by atoms with Crippen molar-refractivity contribution in [3.63, 3.8) is 0 Å². The molecular formula is C29H23FN2O6. The average Bonchev–Trinajstić information content (AvgIpc) is 3.48. The molecule has 4 aromatic rings. The van der Waals surface area contributed by atoms with E-state index in [9.17, 15) is 19.1 Å². The standard InChI is InChI=1S/C29H23FN2O6/c1-17-14-24(31-38-17)32-26(25(28(34)29(32)35)27(33)19-8-11-21(30)12-9-19)20-10-13-22(23(15-20)36-2)37-16-18-6-4-3-5-7-18/h3-15,26,33H,16H2,1-2H3/b27-25+/t26-/m1/s1. The van der Waals surface area contributed by atoms with Crippen molar-refractivity contribution in [2.45, 2.75) is 19.6 Å². The highest BCUT2D eigenvalue weighted by Crippen LogP contribution is 2.44. The van der Waals surface area contributed by atoms with E-state index in [4.69, 9.17) is 14.0 Å². The summed E-state index contributed by atoms with van der Waals surface area (Å²) in [5.41, 5.74) is 1.42. The van der Waals surface area contributed by atoms with Crippen LogP contribution in [0.5, 0.6) is 11.5 Å². The van der Waals surface area contributed by atoms with Crippen LogP contribution in [-0.4, -0.2) is 29.1 Å². The third kappa shape index (κ3) is 4.61. The molecule has 1 atom stereocenters. The van der Waals surface area contributed by atoms with E-state index in [1.165, 1.54) is 25.3 Å². The Morgan fingerprint density at radius 1 is 1.03 bits per heavy atom. The van der Waals surface area contributed by atoms with Crippen LogP contribution in [0.4, 0.5) is 10.2 Å². The Balaban J connectivity index is 1.60. The number of halogens is 1. The van der Waals surface area contributed by atoms with Gasteiger partial charge in [0.2, 0.25) is 0 Å². The van der Waals surface area contributed by atoms with Crippen molar-refractivity contribution < 1.29 is 33.1 Å². The van der Waals surface area contributed by atoms with Crippen LogP contribution in [0.25, 0.3) is 5.76 Å². The first kappa shape index (κ1) is 24.8. The van der Waals surface area contributed by atoms with Crippen LogP contribution < -0.4 is 14.4 Å². The number of anilines is 1. The largest absolute Gasteiger partial charge is 0.507 e. The number of aromatic nitrogens is 1. The van der Waals surface area contributed by atoms with E-state index in [0.717, 1.165) is 22.6 Å². The molecular weight excluding hydrogens is 491 g/mol. The molecule has 8 nitrogen and oxygen atoms in total. The second-order valence-corrected chi connectivity index (χ2v) is 8.66. The van der Waals surface area contributed by atoms with E-state index < -0.39 is 29.3 Å². The highest BCUT2D eigenvalue weighted by molar-refractivity contribution is 6.51. The fraction of sp³-hybridized carbons (Fsp3) is 0.138. The number of aliphatic hydroxyl groups excluding tert-OH is 1. The molecule has 38 heavy (non-hydrogen) atoms. The number of hydrogen-bond acceptors (Lipinski definition) is 7. The number of benzene rings is 3. The zero-order chi connectivity index (χ0) is 26.8. The lowest BCUT2D eigenvalue weighted by molar-refractivity contribution is -0.132. The maximum atomic E-state index is 13.5. The number of ketones is 1. The number of methoxy groups -OCH3 is 1. The maximum absolute atomic E-state index is 13.5. The number of nitrogens with zero attached hydrogens (tertiary/aromatic N) is 2. The molecule has 0 unspecified atom stereocenters. The van der Waals surface area contributed by atoms with Crippen molar-refractivity contribution >= 4 is 23.3 Å². The first-order valence-electron chi connectivity index (χ1n) is 11.7. The van der Waals surface area contributed by atoms with Gasteiger partial charge in [0.05, 0.1) is 18.7 Å². The summed E-state index contributed by atoms with van der Waals surface area (Å²) in [5.74, 6) is -1.41. The molecule has 1 fully saturated rings. The van der Waals surface area contributed by atoms with Crippen LogP contribution in [0, 0.1) is 12.7 Å². The van der Waals surface area contributed by atoms with Crippen LogP contribution in [0.1, 0.15) is 28.5 Å². The van der Waals surface area contributed by atoms with Crippen molar-refractivity contribution in [1.82, 2.24) is 5.16 Å². The fourth-order valence-corrected chi connectivity index (χ4v) is 4.32. The minimum atomic E-state index is -1.07. The predicted molar refractivity (Wildman–Crippen MR) is 136 cm³/mol. The number of carbonyl (C=O) groups is 2. The number of ether oxygens (including phenoxy) is 2. The number of aryl methyl sites for hydroxylation is 1. The molecule has 1 aliphatic heterocycles. The van der Waals surface area contributed by atoms with E-state index in [-0.39, 0.29) is 17.0 Å². The lowest BCUT2D eigenvalue weighted by atomic mass is 9.95. The van der Waals surface area contributed by atoms with Gasteiger partial charge in [-0.05, 0) is 54.4 Å². The zero-order valence-corrected chi connectivity index (χ0v) is 20.6. The molecule has 0 radical (unpaired) electrons. The van der Waals surface area contributed by atoms with E-state index in [1.54, 1.807) is 25.1 Å². The summed E-state index contributed by atoms with van der Waals surface area (Å²) in [5, 5.41) is 15.1. The number of amides is 1. The van der Waals surface area contributed by atoms with E-state index >= 15 is 0 Å². The predicted octanol–water partition coefficient (Wildman–Crippen LogP) is 5.34. The normalized spacial score (nSPS) is 16.6. The van der Waals surface area contributed by atoms with Crippen molar-refractivity contribution in [3.8, 4) is 11.5 Å². The number of rotatable bonds is 7. The summed E-state index contributed by atoms with van der Waals surface area (Å²) in [6.07, 6.45) is 0. The summed E-state index contributed by atoms with van der Waals surface area (Å²) < 4.78 is 30.2. The Hall–Kier alpha value is -4.92. The second-order valence-electron chi connectivity index (χ2n) is 8.66. The fourth-order valence-electron chi connectivity index (χ4n) is 4.32. The quantitative estimate of drug-likeness (QED) is 0.202. The van der Waals surface area contributed by atoms with Crippen molar-refractivity contribution in [3.05, 3.63) is 113 Å². The molecule has 1 aromatic heterocycles. The van der Waals surface area contributed by atoms with Crippen LogP contribution in [-0.2, 0) is 16.2 Å². The molecule has 0 bridgehead atoms. The molecule has 0 aliphatic carbocycles. The average molecular weight is 515 g/mol. The Kier molecular flexibility index (Phi) is 6.66. The number of carbonyl (C=O) groups excluding carboxylic acids is 2. The third-order valence-electron chi connectivity index (χ3n) is 6.17. The first-order chi connectivity index (χ1) is 18.4. The Bertz CT molecular complexity index is 1530. The van der Waals surface area contributed by atoms with Crippen LogP contribution in [0.15, 0.2) is 89.0 Å². The molecule has 0 saturated carbocycles. The Morgan fingerprint density at radius 2 is 1.76 bits per heavy atom. The van der Waals surface area contributed by atoms with Crippen molar-refractivity contribution in [2.24, 2.45) is 0 Å². The SMILES string of the molecule is COc1cc([C@@H]2/C(=C(\O)c3ccc(F)cc3)C(=O)C(=O)N2c2cc(C)on2)ccc1OCc1ccccc1. The number of Topliss-reactive ketones (excluding diaryl/α,β-unsaturated/α-hetero) is 1. The minimum Gasteiger partial charge on any atom is -0.507 e. The molecule has 1 N–H and O–H groups in total. The first-order valence-corrected chi connectivity index (χ1v) is 11.7. The monoisotopic (exact) mass is 514 g/mol. The van der Waals surface area contributed by atoms with Gasteiger partial charge in [-0.2, -0.15) is 0 Å². The molecule has 2 heterocycles. The maximum Gasteiger partial charge on any atom is 0.301 e. The second kappa shape index (κ2) is 10.2. The summed E-state index contributed by atoms with van der Waals surface area (Å²) in [6.45, 7) is 1.96. The van der Waals surface area contributed by atoms with Crippen molar-refractivity contribution in [1.29, 1.82) is 0 Å². The Labute approximate surface area is 217 Å². The van der Waals surface area contributed by atoms with Crippen LogP contribution in [0.3, 0.4) is 0 Å². The van der Waals surface area contributed by atoms with Crippen molar-refractivity contribution in [2.75, 3.05) is 12.0 Å². The molecule has 192 valence electrons. The number of hydrogen-bond donors (Lipinski definition) is 1. The highest BCUT2D eigenvalue weighted by atomic mass is 19.1. The lowest BCUT2D eigenvalue weighted by Gasteiger charge is -2.23. The molecule has 1 amide bonds. The molecule has 1 saturated heterocycles. The molecule has 9 heteroatoms. The molecule has 0 spiro atoms. The zero-order valence-electron chi connectivity index (χ0n) is 20.6. The van der Waals surface area contributed by atoms with Gasteiger partial charge in [0.25, 0.3) is 5.78 Å². The summed E-state index contributed by atoms with van der Waals surface area (Å²) >= 11 is 0. The Morgan fingerprint density at radius 3 is 2.42 bits per heavy atom. The van der Waals surface area contributed by atoms with Gasteiger partial charge in [-0.25, -0.2) is 4.39 Å². The third-order valence-corrected chi connectivity index (χ3v) is 6.17. The lowest BCUT2D eigenvalue weighted by Crippen LogP contribution is -2.29. The summed E-state index contributed by atoms with van der Waals surface area (Å²) in [6, 6.07) is 20.0. The van der Waals surface area contributed by atoms with E-state index in [0.29, 0.717) is 29.4 Å². The van der Waals surface area contributed by atoms with Gasteiger partial charge in [0.1, 0.15) is 23.9 Å². The smallest absolute Gasteiger partial charge is 0.301 e. The van der Waals surface area contributed by atoms with Gasteiger partial charge in [0.15, 0.2) is 17.3 Å². The topological polar surface area (TPSA) is 102 Å². The van der Waals surface area contributed by atoms with Gasteiger partial charge in [-0.1, -0.05) is 41.6 Å². The summed E-state index contributed by atoms with van der Waals surface area (Å²) in [7, 11) is 1.48. The van der Waals surface area contributed by atoms with Gasteiger partial charge < -0.3 is 19.1 Å². The molecule has 5 rings (SSSR count).